The minimum atomic E-state index is -0.277. The Balaban J connectivity index is 2.52. The van der Waals surface area contributed by atoms with Crippen LogP contribution in [-0.2, 0) is 22.5 Å². The van der Waals surface area contributed by atoms with E-state index in [0.717, 1.165) is 34.9 Å². The molecule has 20 heavy (non-hydrogen) atoms. The number of aryl methyl sites for hydroxylation is 1. The highest BCUT2D eigenvalue weighted by Gasteiger charge is 2.18. The zero-order valence-corrected chi connectivity index (χ0v) is 12.3. The summed E-state index contributed by atoms with van der Waals surface area (Å²) < 4.78 is 10.3. The van der Waals surface area contributed by atoms with Crippen LogP contribution in [0.2, 0.25) is 0 Å². The summed E-state index contributed by atoms with van der Waals surface area (Å²) in [7, 11) is 1.68. The molecule has 0 radical (unpaired) electrons. The van der Waals surface area contributed by atoms with Gasteiger partial charge in [0.2, 0.25) is 0 Å². The second kappa shape index (κ2) is 6.57. The summed E-state index contributed by atoms with van der Waals surface area (Å²) in [6.45, 7) is 4.87. The quantitative estimate of drug-likeness (QED) is 0.822. The first-order valence-electron chi connectivity index (χ1n) is 7.00. The molecule has 0 fully saturated rings. The first-order valence-corrected chi connectivity index (χ1v) is 7.00. The summed E-state index contributed by atoms with van der Waals surface area (Å²) in [6, 6.07) is 6.08. The van der Waals surface area contributed by atoms with E-state index in [0.29, 0.717) is 18.9 Å². The molecule has 0 spiro atoms. The topological polar surface area (TPSA) is 51.3 Å². The molecule has 0 aliphatic rings. The number of nitrogens with one attached hydrogen (secondary N) is 1. The Morgan fingerprint density at radius 1 is 1.30 bits per heavy atom. The van der Waals surface area contributed by atoms with E-state index < -0.39 is 0 Å². The van der Waals surface area contributed by atoms with E-state index in [9.17, 15) is 4.79 Å². The lowest BCUT2D eigenvalue weighted by Gasteiger charge is -2.04. The summed E-state index contributed by atoms with van der Waals surface area (Å²) in [5.41, 5.74) is 3.69. The van der Waals surface area contributed by atoms with Gasteiger partial charge in [-0.3, -0.25) is 0 Å². The molecular formula is C16H21NO3. The average molecular weight is 275 g/mol. The molecule has 0 unspecified atom stereocenters. The highest BCUT2D eigenvalue weighted by atomic mass is 16.5. The molecule has 2 rings (SSSR count). The number of rotatable bonds is 6. The first-order chi connectivity index (χ1) is 9.71. The fraction of sp³-hybridized carbons (Fsp3) is 0.438. The molecule has 0 bridgehead atoms. The first kappa shape index (κ1) is 14.6. The fourth-order valence-corrected chi connectivity index (χ4v) is 2.44. The number of hydrogen-bond donors (Lipinski definition) is 1. The van der Waals surface area contributed by atoms with E-state index >= 15 is 0 Å². The second-order valence-electron chi connectivity index (χ2n) is 4.76. The molecule has 4 nitrogen and oxygen atoms in total. The Kier molecular flexibility index (Phi) is 4.79. The number of aromatic nitrogens is 1. The monoisotopic (exact) mass is 275 g/mol. The normalized spacial score (nSPS) is 10.9. The molecule has 0 amide bonds. The van der Waals surface area contributed by atoms with Crippen molar-refractivity contribution in [3.05, 3.63) is 35.0 Å². The number of aromatic amines is 1. The van der Waals surface area contributed by atoms with Gasteiger partial charge in [0.05, 0.1) is 13.2 Å². The van der Waals surface area contributed by atoms with Crippen molar-refractivity contribution < 1.29 is 14.3 Å². The van der Waals surface area contributed by atoms with Crippen LogP contribution in [0.15, 0.2) is 18.2 Å². The van der Waals surface area contributed by atoms with E-state index in [4.69, 9.17) is 9.47 Å². The van der Waals surface area contributed by atoms with Gasteiger partial charge in [-0.1, -0.05) is 19.4 Å². The summed E-state index contributed by atoms with van der Waals surface area (Å²) in [5.74, 6) is -0.277. The number of benzene rings is 1. The number of ether oxygens (including phenoxy) is 2. The maximum Gasteiger partial charge on any atom is 0.355 e. The van der Waals surface area contributed by atoms with Crippen molar-refractivity contribution in [1.29, 1.82) is 0 Å². The van der Waals surface area contributed by atoms with Crippen LogP contribution in [0.1, 0.15) is 41.9 Å². The molecule has 1 heterocycles. The van der Waals surface area contributed by atoms with Gasteiger partial charge >= 0.3 is 5.97 Å². The van der Waals surface area contributed by atoms with Gasteiger partial charge in [0, 0.05) is 18.0 Å². The zero-order valence-electron chi connectivity index (χ0n) is 12.3. The van der Waals surface area contributed by atoms with Crippen LogP contribution in [0.25, 0.3) is 10.9 Å². The lowest BCUT2D eigenvalue weighted by atomic mass is 10.0. The molecule has 2 aromatic rings. The summed E-state index contributed by atoms with van der Waals surface area (Å²) in [6.07, 6.45) is 1.83. The van der Waals surface area contributed by atoms with Gasteiger partial charge < -0.3 is 14.5 Å². The maximum absolute atomic E-state index is 12.0. The Morgan fingerprint density at radius 3 is 2.75 bits per heavy atom. The molecule has 1 aromatic carbocycles. The number of esters is 1. The predicted octanol–water partition coefficient (Wildman–Crippen LogP) is 3.44. The highest BCUT2D eigenvalue weighted by Crippen LogP contribution is 2.26. The third-order valence-corrected chi connectivity index (χ3v) is 3.26. The SMILES string of the molecule is CCCc1c(C(=O)OCC)[nH]c2ccc(COC)cc12. The van der Waals surface area contributed by atoms with Crippen LogP contribution in [0, 0.1) is 0 Å². The van der Waals surface area contributed by atoms with Gasteiger partial charge in [-0.15, -0.1) is 0 Å². The summed E-state index contributed by atoms with van der Waals surface area (Å²) in [5, 5.41) is 1.09. The number of carbonyl (C=O) groups is 1. The highest BCUT2D eigenvalue weighted by molar-refractivity contribution is 5.98. The minimum Gasteiger partial charge on any atom is -0.461 e. The van der Waals surface area contributed by atoms with Crippen molar-refractivity contribution in [1.82, 2.24) is 4.98 Å². The molecule has 0 saturated carbocycles. The standard InChI is InChI=1S/C16H21NO3/c1-4-6-12-13-9-11(10-19-3)7-8-14(13)17-15(12)16(18)20-5-2/h7-9,17H,4-6,10H2,1-3H3. The number of hydrogen-bond acceptors (Lipinski definition) is 3. The van der Waals surface area contributed by atoms with Crippen LogP contribution in [0.4, 0.5) is 0 Å². The molecule has 108 valence electrons. The molecule has 4 heteroatoms. The maximum atomic E-state index is 12.0. The Morgan fingerprint density at radius 2 is 2.10 bits per heavy atom. The summed E-state index contributed by atoms with van der Waals surface area (Å²) >= 11 is 0. The van der Waals surface area contributed by atoms with Crippen LogP contribution in [-0.4, -0.2) is 24.7 Å². The molecule has 1 N–H and O–H groups in total. The van der Waals surface area contributed by atoms with Gasteiger partial charge in [-0.25, -0.2) is 4.79 Å². The van der Waals surface area contributed by atoms with E-state index in [1.54, 1.807) is 7.11 Å². The van der Waals surface area contributed by atoms with E-state index in [1.807, 2.05) is 19.1 Å². The third kappa shape index (κ3) is 2.85. The van der Waals surface area contributed by atoms with Crippen LogP contribution in [0.3, 0.4) is 0 Å². The van der Waals surface area contributed by atoms with Crippen molar-refractivity contribution in [3.8, 4) is 0 Å². The van der Waals surface area contributed by atoms with Crippen LogP contribution in [0.5, 0.6) is 0 Å². The lowest BCUT2D eigenvalue weighted by molar-refractivity contribution is 0.0519. The van der Waals surface area contributed by atoms with Crippen molar-refractivity contribution in [2.45, 2.75) is 33.3 Å². The van der Waals surface area contributed by atoms with Gasteiger partial charge in [-0.2, -0.15) is 0 Å². The molecule has 1 aromatic heterocycles. The second-order valence-corrected chi connectivity index (χ2v) is 4.76. The minimum absolute atomic E-state index is 0.277. The molecule has 0 atom stereocenters. The fourth-order valence-electron chi connectivity index (χ4n) is 2.44. The van der Waals surface area contributed by atoms with Gasteiger partial charge in [-0.05, 0) is 36.6 Å². The summed E-state index contributed by atoms with van der Waals surface area (Å²) in [4.78, 5) is 15.2. The number of carbonyl (C=O) groups excluding carboxylic acids is 1. The van der Waals surface area contributed by atoms with E-state index in [-0.39, 0.29) is 5.97 Å². The smallest absolute Gasteiger partial charge is 0.355 e. The van der Waals surface area contributed by atoms with Crippen LogP contribution < -0.4 is 0 Å². The van der Waals surface area contributed by atoms with Gasteiger partial charge in [0.25, 0.3) is 0 Å². The van der Waals surface area contributed by atoms with Gasteiger partial charge in [0.15, 0.2) is 0 Å². The third-order valence-electron chi connectivity index (χ3n) is 3.26. The molecule has 0 aliphatic carbocycles. The molecule has 0 saturated heterocycles. The molecule has 0 aliphatic heterocycles. The van der Waals surface area contributed by atoms with Crippen molar-refractivity contribution >= 4 is 16.9 Å². The van der Waals surface area contributed by atoms with Crippen molar-refractivity contribution in [3.63, 3.8) is 0 Å². The number of methoxy groups -OCH3 is 1. The number of fused-ring (bicyclic) bond motifs is 1. The van der Waals surface area contributed by atoms with E-state index in [1.165, 1.54) is 0 Å². The number of H-pyrrole nitrogens is 1. The van der Waals surface area contributed by atoms with Gasteiger partial charge in [0.1, 0.15) is 5.69 Å². The van der Waals surface area contributed by atoms with E-state index in [2.05, 4.69) is 18.0 Å². The lowest BCUT2D eigenvalue weighted by Crippen LogP contribution is -2.07. The molecular weight excluding hydrogens is 254 g/mol. The average Bonchev–Trinajstić information content (AvgIpc) is 2.79. The Hall–Kier alpha value is -1.81. The largest absolute Gasteiger partial charge is 0.461 e. The van der Waals surface area contributed by atoms with Crippen molar-refractivity contribution in [2.75, 3.05) is 13.7 Å². The Bertz CT molecular complexity index is 601. The Labute approximate surface area is 119 Å². The van der Waals surface area contributed by atoms with Crippen LogP contribution >= 0.6 is 0 Å². The zero-order chi connectivity index (χ0) is 14.5. The van der Waals surface area contributed by atoms with Crippen molar-refractivity contribution in [2.24, 2.45) is 0 Å². The predicted molar refractivity (Wildman–Crippen MR) is 79.0 cm³/mol.